The van der Waals surface area contributed by atoms with E-state index in [9.17, 15) is 33.7 Å². The van der Waals surface area contributed by atoms with E-state index in [-0.39, 0.29) is 16.7 Å². The number of hydrogen-bond acceptors (Lipinski definition) is 6. The molecular formula is C23H14FN3O6. The van der Waals surface area contributed by atoms with Crippen molar-refractivity contribution in [2.75, 3.05) is 6.54 Å². The fourth-order valence-electron chi connectivity index (χ4n) is 3.44. The number of hydrogen-bond donors (Lipinski definition) is 0. The highest BCUT2D eigenvalue weighted by atomic mass is 19.1. The van der Waals surface area contributed by atoms with Crippen LogP contribution in [-0.2, 0) is 0 Å². The summed E-state index contributed by atoms with van der Waals surface area (Å²) in [6, 6.07) is 15.3. The second-order valence-electron chi connectivity index (χ2n) is 7.03. The quantitative estimate of drug-likeness (QED) is 0.248. The van der Waals surface area contributed by atoms with Crippen LogP contribution in [0.15, 0.2) is 72.8 Å². The molecule has 33 heavy (non-hydrogen) atoms. The lowest BCUT2D eigenvalue weighted by Gasteiger charge is -2.29. The van der Waals surface area contributed by atoms with Crippen LogP contribution < -0.4 is 0 Å². The van der Waals surface area contributed by atoms with Gasteiger partial charge in [0.2, 0.25) is 0 Å². The van der Waals surface area contributed by atoms with Gasteiger partial charge in [0, 0.05) is 11.6 Å². The summed E-state index contributed by atoms with van der Waals surface area (Å²) in [5.74, 6) is -4.09. The van der Waals surface area contributed by atoms with Crippen molar-refractivity contribution in [1.29, 1.82) is 0 Å². The van der Waals surface area contributed by atoms with Gasteiger partial charge in [-0.05, 0) is 42.5 Å². The van der Waals surface area contributed by atoms with Crippen molar-refractivity contribution in [2.24, 2.45) is 0 Å². The van der Waals surface area contributed by atoms with Gasteiger partial charge in [-0.3, -0.25) is 29.3 Å². The number of carbonyl (C=O) groups is 4. The molecule has 0 aliphatic carbocycles. The average molecular weight is 447 g/mol. The lowest BCUT2D eigenvalue weighted by molar-refractivity contribution is -0.385. The fourth-order valence-corrected chi connectivity index (χ4v) is 3.44. The first-order valence-electron chi connectivity index (χ1n) is 9.61. The van der Waals surface area contributed by atoms with E-state index < -0.39 is 52.0 Å². The summed E-state index contributed by atoms with van der Waals surface area (Å²) in [4.78, 5) is 62.9. The Labute approximate surface area is 185 Å². The molecule has 9 nitrogen and oxygen atoms in total. The number of rotatable bonds is 6. The van der Waals surface area contributed by atoms with Gasteiger partial charge < -0.3 is 0 Å². The third-order valence-corrected chi connectivity index (χ3v) is 5.04. The van der Waals surface area contributed by atoms with E-state index in [1.165, 1.54) is 48.5 Å². The van der Waals surface area contributed by atoms with Gasteiger partial charge in [0.05, 0.1) is 16.1 Å². The highest BCUT2D eigenvalue weighted by Crippen LogP contribution is 2.27. The fraction of sp³-hybridized carbons (Fsp3) is 0.0435. The van der Waals surface area contributed by atoms with Crippen molar-refractivity contribution < 1.29 is 28.5 Å². The van der Waals surface area contributed by atoms with E-state index in [0.717, 1.165) is 24.3 Å². The van der Waals surface area contributed by atoms with Crippen LogP contribution in [0.4, 0.5) is 10.1 Å². The molecule has 0 spiro atoms. The number of hydrazine groups is 1. The van der Waals surface area contributed by atoms with E-state index in [2.05, 4.69) is 0 Å². The normalized spacial score (nSPS) is 12.5. The molecule has 0 fully saturated rings. The van der Waals surface area contributed by atoms with E-state index in [4.69, 9.17) is 0 Å². The Morgan fingerprint density at radius 1 is 0.879 bits per heavy atom. The van der Waals surface area contributed by atoms with Gasteiger partial charge in [-0.25, -0.2) is 9.40 Å². The zero-order valence-electron chi connectivity index (χ0n) is 16.8. The first kappa shape index (κ1) is 21.5. The van der Waals surface area contributed by atoms with Crippen LogP contribution in [0.3, 0.4) is 0 Å². The molecule has 0 saturated carbocycles. The highest BCUT2D eigenvalue weighted by Gasteiger charge is 2.43. The Kier molecular flexibility index (Phi) is 5.49. The van der Waals surface area contributed by atoms with E-state index >= 15 is 0 Å². The monoisotopic (exact) mass is 447 g/mol. The van der Waals surface area contributed by atoms with Crippen LogP contribution in [-0.4, -0.2) is 45.0 Å². The molecule has 0 radical (unpaired) electrons. The average Bonchev–Trinajstić information content (AvgIpc) is 3.07. The molecule has 1 aliphatic rings. The van der Waals surface area contributed by atoms with E-state index in [1.54, 1.807) is 0 Å². The summed E-state index contributed by atoms with van der Waals surface area (Å²) in [7, 11) is 0. The molecule has 3 amide bonds. The topological polar surface area (TPSA) is 118 Å². The summed E-state index contributed by atoms with van der Waals surface area (Å²) in [5.41, 5.74) is -0.896. The molecule has 0 N–H and O–H groups in total. The van der Waals surface area contributed by atoms with E-state index in [0.29, 0.717) is 10.0 Å². The Bertz CT molecular complexity index is 1290. The Morgan fingerprint density at radius 3 is 2.00 bits per heavy atom. The Hall–Kier alpha value is -4.73. The molecule has 10 heteroatoms. The molecule has 4 rings (SSSR count). The van der Waals surface area contributed by atoms with Crippen LogP contribution in [0.5, 0.6) is 0 Å². The molecule has 0 atom stereocenters. The number of benzene rings is 3. The van der Waals surface area contributed by atoms with Crippen LogP contribution in [0.25, 0.3) is 0 Å². The largest absolute Gasteiger partial charge is 0.292 e. The number of para-hydroxylation sites is 1. The van der Waals surface area contributed by atoms with Gasteiger partial charge in [0.25, 0.3) is 23.4 Å². The molecular weight excluding hydrogens is 433 g/mol. The molecule has 3 aromatic carbocycles. The number of carbonyl (C=O) groups excluding carboxylic acids is 4. The van der Waals surface area contributed by atoms with Crippen molar-refractivity contribution in [2.45, 2.75) is 0 Å². The Morgan fingerprint density at radius 2 is 1.42 bits per heavy atom. The van der Waals surface area contributed by atoms with Gasteiger partial charge in [-0.2, -0.15) is 5.01 Å². The van der Waals surface area contributed by atoms with Crippen LogP contribution in [0, 0.1) is 15.9 Å². The summed E-state index contributed by atoms with van der Waals surface area (Å²) in [6.45, 7) is -0.790. The highest BCUT2D eigenvalue weighted by molar-refractivity contribution is 6.22. The first-order chi connectivity index (χ1) is 15.8. The van der Waals surface area contributed by atoms with Gasteiger partial charge in [0.15, 0.2) is 5.78 Å². The molecule has 164 valence electrons. The minimum Gasteiger partial charge on any atom is -0.292 e. The number of halogens is 1. The summed E-state index contributed by atoms with van der Waals surface area (Å²) in [6.07, 6.45) is 0. The first-order valence-corrected chi connectivity index (χ1v) is 9.61. The van der Waals surface area contributed by atoms with Gasteiger partial charge in [0.1, 0.15) is 17.9 Å². The van der Waals surface area contributed by atoms with Gasteiger partial charge >= 0.3 is 0 Å². The maximum atomic E-state index is 13.4. The molecule has 1 aliphatic heterocycles. The van der Waals surface area contributed by atoms with Crippen molar-refractivity contribution in [3.63, 3.8) is 0 Å². The summed E-state index contributed by atoms with van der Waals surface area (Å²) in [5, 5.41) is 12.5. The zero-order valence-corrected chi connectivity index (χ0v) is 16.8. The number of Topliss-reactive ketones (excluding diaryl/α,β-unsaturated/α-hetero) is 1. The van der Waals surface area contributed by atoms with Crippen LogP contribution in [0.2, 0.25) is 0 Å². The second kappa shape index (κ2) is 8.42. The summed E-state index contributed by atoms with van der Waals surface area (Å²) < 4.78 is 13.2. The van der Waals surface area contributed by atoms with Crippen LogP contribution in [0.1, 0.15) is 41.4 Å². The lowest BCUT2D eigenvalue weighted by Crippen LogP contribution is -2.51. The second-order valence-corrected chi connectivity index (χ2v) is 7.03. The molecule has 0 aromatic heterocycles. The third kappa shape index (κ3) is 3.85. The SMILES string of the molecule is O=C(CN(C(=O)c1ccccc1[N+](=O)[O-])N1C(=O)c2ccccc2C1=O)c1ccc(F)cc1. The predicted molar refractivity (Wildman–Crippen MR) is 112 cm³/mol. The smallest absolute Gasteiger partial charge is 0.282 e. The zero-order chi connectivity index (χ0) is 23.7. The molecule has 0 saturated heterocycles. The molecule has 0 unspecified atom stereocenters. The number of ketones is 1. The van der Waals surface area contributed by atoms with Crippen molar-refractivity contribution >= 4 is 29.2 Å². The number of amides is 3. The number of nitro benzene ring substituents is 1. The minimum atomic E-state index is -1.09. The predicted octanol–water partition coefficient (Wildman–Crippen LogP) is 3.27. The van der Waals surface area contributed by atoms with Crippen LogP contribution >= 0.6 is 0 Å². The lowest BCUT2D eigenvalue weighted by atomic mass is 10.1. The van der Waals surface area contributed by atoms with Crippen molar-refractivity contribution in [1.82, 2.24) is 10.0 Å². The molecule has 1 heterocycles. The number of nitro groups is 1. The molecule has 0 bridgehead atoms. The maximum Gasteiger partial charge on any atom is 0.282 e. The standard InChI is InChI=1S/C23H14FN3O6/c24-15-11-9-14(10-12-15)20(28)13-25(21(29)18-7-3-4-8-19(18)27(32)33)26-22(30)16-5-1-2-6-17(16)23(26)31/h1-12H,13H2. The maximum absolute atomic E-state index is 13.4. The summed E-state index contributed by atoms with van der Waals surface area (Å²) >= 11 is 0. The third-order valence-electron chi connectivity index (χ3n) is 5.04. The Balaban J connectivity index is 1.78. The van der Waals surface area contributed by atoms with Crippen molar-refractivity contribution in [3.05, 3.63) is 111 Å². The number of fused-ring (bicyclic) bond motifs is 1. The van der Waals surface area contributed by atoms with E-state index in [1.807, 2.05) is 0 Å². The van der Waals surface area contributed by atoms with Crippen molar-refractivity contribution in [3.8, 4) is 0 Å². The van der Waals surface area contributed by atoms with Gasteiger partial charge in [-0.1, -0.05) is 24.3 Å². The minimum absolute atomic E-state index is 0.0216. The number of imide groups is 1. The molecule has 3 aromatic rings. The van der Waals surface area contributed by atoms with Gasteiger partial charge in [-0.15, -0.1) is 0 Å². The number of nitrogens with zero attached hydrogens (tertiary/aromatic N) is 3.